The van der Waals surface area contributed by atoms with Crippen LogP contribution in [-0.2, 0) is 5.75 Å². The van der Waals surface area contributed by atoms with Crippen molar-refractivity contribution in [2.24, 2.45) is 0 Å². The zero-order valence-corrected chi connectivity index (χ0v) is 13.0. The summed E-state index contributed by atoms with van der Waals surface area (Å²) in [4.78, 5) is 13.0. The molecule has 0 saturated carbocycles. The lowest BCUT2D eigenvalue weighted by molar-refractivity contribution is 0.0958. The van der Waals surface area contributed by atoms with E-state index in [9.17, 15) is 4.79 Å². The van der Waals surface area contributed by atoms with E-state index in [0.717, 1.165) is 5.75 Å². The van der Waals surface area contributed by atoms with Crippen LogP contribution in [0.3, 0.4) is 0 Å². The van der Waals surface area contributed by atoms with Gasteiger partial charge in [0.2, 0.25) is 0 Å². The van der Waals surface area contributed by atoms with Gasteiger partial charge in [0.15, 0.2) is 0 Å². The van der Waals surface area contributed by atoms with Crippen molar-refractivity contribution in [2.75, 3.05) is 6.54 Å². The van der Waals surface area contributed by atoms with Crippen LogP contribution in [0.1, 0.15) is 21.5 Å². The second-order valence-corrected chi connectivity index (χ2v) is 5.85. The Kier molecular flexibility index (Phi) is 5.64. The van der Waals surface area contributed by atoms with Crippen LogP contribution in [0.15, 0.2) is 66.1 Å². The van der Waals surface area contributed by atoms with Crippen LogP contribution in [0.25, 0.3) is 0 Å². The first kappa shape index (κ1) is 15.4. The third kappa shape index (κ3) is 4.80. The standard InChI is InChI=1S/C18H19NOS/c1-3-12-19-18(20)16-8-6-15(7-9-16)13-21-17-10-4-14(2)5-11-17/h3-11H,1,12-13H2,2H3,(H,19,20). The highest BCUT2D eigenvalue weighted by Crippen LogP contribution is 2.23. The topological polar surface area (TPSA) is 29.1 Å². The van der Waals surface area contributed by atoms with Crippen molar-refractivity contribution in [3.05, 3.63) is 77.9 Å². The number of aryl methyl sites for hydroxylation is 1. The van der Waals surface area contributed by atoms with Crippen molar-refractivity contribution in [3.8, 4) is 0 Å². The molecule has 2 nitrogen and oxygen atoms in total. The van der Waals surface area contributed by atoms with Crippen LogP contribution in [0.2, 0.25) is 0 Å². The van der Waals surface area contributed by atoms with Gasteiger partial charge in [-0.3, -0.25) is 4.79 Å². The molecular formula is C18H19NOS. The average Bonchev–Trinajstić information content (AvgIpc) is 2.52. The molecule has 3 heteroatoms. The second kappa shape index (κ2) is 7.70. The molecule has 0 unspecified atom stereocenters. The SMILES string of the molecule is C=CCNC(=O)c1ccc(CSc2ccc(C)cc2)cc1. The van der Waals surface area contributed by atoms with Crippen LogP contribution in [-0.4, -0.2) is 12.5 Å². The number of hydrogen-bond acceptors (Lipinski definition) is 2. The number of rotatable bonds is 6. The normalized spacial score (nSPS) is 10.1. The van der Waals surface area contributed by atoms with E-state index < -0.39 is 0 Å². The summed E-state index contributed by atoms with van der Waals surface area (Å²) in [6.45, 7) is 6.16. The fourth-order valence-corrected chi connectivity index (χ4v) is 2.67. The minimum absolute atomic E-state index is 0.0624. The summed E-state index contributed by atoms with van der Waals surface area (Å²) < 4.78 is 0. The number of amides is 1. The minimum atomic E-state index is -0.0624. The fourth-order valence-electron chi connectivity index (χ4n) is 1.82. The first-order valence-electron chi connectivity index (χ1n) is 6.86. The van der Waals surface area contributed by atoms with E-state index in [4.69, 9.17) is 0 Å². The largest absolute Gasteiger partial charge is 0.349 e. The Morgan fingerprint density at radius 2 is 1.81 bits per heavy atom. The maximum Gasteiger partial charge on any atom is 0.251 e. The smallest absolute Gasteiger partial charge is 0.251 e. The highest BCUT2D eigenvalue weighted by atomic mass is 32.2. The average molecular weight is 297 g/mol. The maximum absolute atomic E-state index is 11.8. The lowest BCUT2D eigenvalue weighted by Gasteiger charge is -2.05. The van der Waals surface area contributed by atoms with Gasteiger partial charge in [-0.05, 0) is 36.8 Å². The molecule has 0 aliphatic heterocycles. The van der Waals surface area contributed by atoms with E-state index >= 15 is 0 Å². The molecule has 0 atom stereocenters. The van der Waals surface area contributed by atoms with E-state index in [1.165, 1.54) is 16.0 Å². The summed E-state index contributed by atoms with van der Waals surface area (Å²) in [7, 11) is 0. The van der Waals surface area contributed by atoms with Gasteiger partial charge in [0.25, 0.3) is 5.91 Å². The van der Waals surface area contributed by atoms with Gasteiger partial charge in [0, 0.05) is 22.8 Å². The minimum Gasteiger partial charge on any atom is -0.349 e. The summed E-state index contributed by atoms with van der Waals surface area (Å²) in [6, 6.07) is 16.2. The van der Waals surface area contributed by atoms with Crippen LogP contribution >= 0.6 is 11.8 Å². The van der Waals surface area contributed by atoms with Crippen molar-refractivity contribution < 1.29 is 4.79 Å². The molecule has 0 aliphatic carbocycles. The van der Waals surface area contributed by atoms with Crippen LogP contribution in [0.4, 0.5) is 0 Å². The molecule has 1 amide bonds. The molecule has 0 saturated heterocycles. The Morgan fingerprint density at radius 1 is 1.14 bits per heavy atom. The van der Waals surface area contributed by atoms with Crippen molar-refractivity contribution in [3.63, 3.8) is 0 Å². The molecule has 0 bridgehead atoms. The molecule has 2 rings (SSSR count). The van der Waals surface area contributed by atoms with Gasteiger partial charge >= 0.3 is 0 Å². The van der Waals surface area contributed by atoms with Crippen molar-refractivity contribution in [2.45, 2.75) is 17.6 Å². The molecule has 0 spiro atoms. The number of hydrogen-bond donors (Lipinski definition) is 1. The third-order valence-electron chi connectivity index (χ3n) is 3.05. The molecule has 21 heavy (non-hydrogen) atoms. The number of nitrogens with one attached hydrogen (secondary N) is 1. The second-order valence-electron chi connectivity index (χ2n) is 4.80. The van der Waals surface area contributed by atoms with Crippen molar-refractivity contribution >= 4 is 17.7 Å². The molecule has 0 aliphatic rings. The molecule has 0 heterocycles. The first-order chi connectivity index (χ1) is 10.2. The molecule has 2 aromatic rings. The molecule has 1 N–H and O–H groups in total. The summed E-state index contributed by atoms with van der Waals surface area (Å²) in [5.74, 6) is 0.838. The Morgan fingerprint density at radius 3 is 2.43 bits per heavy atom. The van der Waals surface area contributed by atoms with E-state index in [-0.39, 0.29) is 5.91 Å². The summed E-state index contributed by atoms with van der Waals surface area (Å²) in [6.07, 6.45) is 1.67. The lowest BCUT2D eigenvalue weighted by atomic mass is 10.1. The molecule has 0 radical (unpaired) electrons. The van der Waals surface area contributed by atoms with Gasteiger partial charge in [0.1, 0.15) is 0 Å². The summed E-state index contributed by atoms with van der Waals surface area (Å²) >= 11 is 1.80. The van der Waals surface area contributed by atoms with Crippen molar-refractivity contribution in [1.29, 1.82) is 0 Å². The predicted octanol–water partition coefficient (Wildman–Crippen LogP) is 4.20. The highest BCUT2D eigenvalue weighted by molar-refractivity contribution is 7.98. The van der Waals surface area contributed by atoms with Gasteiger partial charge in [-0.15, -0.1) is 18.3 Å². The van der Waals surface area contributed by atoms with E-state index in [2.05, 4.69) is 43.1 Å². The maximum atomic E-state index is 11.8. The van der Waals surface area contributed by atoms with E-state index in [1.54, 1.807) is 17.8 Å². The Bertz CT molecular complexity index is 602. The van der Waals surface area contributed by atoms with E-state index in [0.29, 0.717) is 12.1 Å². The molecule has 108 valence electrons. The van der Waals surface area contributed by atoms with Gasteiger partial charge in [-0.25, -0.2) is 0 Å². The van der Waals surface area contributed by atoms with Gasteiger partial charge in [-0.1, -0.05) is 35.9 Å². The first-order valence-corrected chi connectivity index (χ1v) is 7.85. The Labute approximate surface area is 130 Å². The van der Waals surface area contributed by atoms with Gasteiger partial charge in [-0.2, -0.15) is 0 Å². The molecule has 2 aromatic carbocycles. The molecule has 0 aromatic heterocycles. The third-order valence-corrected chi connectivity index (χ3v) is 4.13. The Balaban J connectivity index is 1.91. The number of carbonyl (C=O) groups is 1. The van der Waals surface area contributed by atoms with Crippen LogP contribution in [0, 0.1) is 6.92 Å². The number of benzene rings is 2. The van der Waals surface area contributed by atoms with Crippen LogP contribution in [0.5, 0.6) is 0 Å². The number of carbonyl (C=O) groups excluding carboxylic acids is 1. The monoisotopic (exact) mass is 297 g/mol. The van der Waals surface area contributed by atoms with Gasteiger partial charge < -0.3 is 5.32 Å². The summed E-state index contributed by atoms with van der Waals surface area (Å²) in [5, 5.41) is 2.77. The van der Waals surface area contributed by atoms with Crippen LogP contribution < -0.4 is 5.32 Å². The quantitative estimate of drug-likeness (QED) is 0.639. The van der Waals surface area contributed by atoms with E-state index in [1.807, 2.05) is 24.3 Å². The highest BCUT2D eigenvalue weighted by Gasteiger charge is 2.04. The zero-order valence-electron chi connectivity index (χ0n) is 12.1. The molecule has 0 fully saturated rings. The van der Waals surface area contributed by atoms with Crippen molar-refractivity contribution in [1.82, 2.24) is 5.32 Å². The number of thioether (sulfide) groups is 1. The summed E-state index contributed by atoms with van der Waals surface area (Å²) in [5.41, 5.74) is 3.16. The zero-order chi connectivity index (χ0) is 15.1. The Hall–Kier alpha value is -2.00. The fraction of sp³-hybridized carbons (Fsp3) is 0.167. The lowest BCUT2D eigenvalue weighted by Crippen LogP contribution is -2.22. The van der Waals surface area contributed by atoms with Gasteiger partial charge in [0.05, 0.1) is 0 Å². The molecular weight excluding hydrogens is 278 g/mol. The predicted molar refractivity (Wildman–Crippen MR) is 89.7 cm³/mol.